The number of aromatic nitrogens is 1. The monoisotopic (exact) mass is 279 g/mol. The van der Waals surface area contributed by atoms with Crippen LogP contribution in [0.15, 0.2) is 36.5 Å². The summed E-state index contributed by atoms with van der Waals surface area (Å²) in [6.07, 6.45) is 1.54. The summed E-state index contributed by atoms with van der Waals surface area (Å²) >= 11 is 3.20. The molecule has 0 aliphatic rings. The standard InChI is InChI=1S/C12H10BrNO2/c13-5-6-16-12(15)10-7-9-3-1-2-4-11(9)14-8-10/h1-4,7-8H,5-6H2. The molecule has 2 rings (SSSR count). The average Bonchev–Trinajstić information content (AvgIpc) is 2.35. The van der Waals surface area contributed by atoms with E-state index < -0.39 is 0 Å². The molecule has 0 aliphatic carbocycles. The average molecular weight is 280 g/mol. The lowest BCUT2D eigenvalue weighted by molar-refractivity contribution is 0.0531. The summed E-state index contributed by atoms with van der Waals surface area (Å²) in [7, 11) is 0. The summed E-state index contributed by atoms with van der Waals surface area (Å²) in [6, 6.07) is 9.45. The maximum absolute atomic E-state index is 11.6. The van der Waals surface area contributed by atoms with Crippen LogP contribution >= 0.6 is 15.9 Å². The van der Waals surface area contributed by atoms with E-state index in [2.05, 4.69) is 20.9 Å². The van der Waals surface area contributed by atoms with Crippen molar-refractivity contribution in [1.29, 1.82) is 0 Å². The van der Waals surface area contributed by atoms with E-state index in [9.17, 15) is 4.79 Å². The zero-order chi connectivity index (χ0) is 11.4. The van der Waals surface area contributed by atoms with E-state index in [0.29, 0.717) is 17.5 Å². The SMILES string of the molecule is O=C(OCCBr)c1cnc2ccccc2c1. The maximum Gasteiger partial charge on any atom is 0.339 e. The third kappa shape index (κ3) is 2.39. The smallest absolute Gasteiger partial charge is 0.339 e. The number of para-hydroxylation sites is 1. The maximum atomic E-state index is 11.6. The number of ether oxygens (including phenoxy) is 1. The highest BCUT2D eigenvalue weighted by molar-refractivity contribution is 9.09. The fourth-order valence-electron chi connectivity index (χ4n) is 1.40. The number of carbonyl (C=O) groups excluding carboxylic acids is 1. The molecule has 4 heteroatoms. The summed E-state index contributed by atoms with van der Waals surface area (Å²) in [5, 5.41) is 1.58. The van der Waals surface area contributed by atoms with Crippen LogP contribution in [-0.4, -0.2) is 22.9 Å². The van der Waals surface area contributed by atoms with Crippen LogP contribution in [0.25, 0.3) is 10.9 Å². The molecule has 0 saturated heterocycles. The van der Waals surface area contributed by atoms with E-state index in [1.165, 1.54) is 0 Å². The van der Waals surface area contributed by atoms with Gasteiger partial charge in [-0.2, -0.15) is 0 Å². The predicted molar refractivity (Wildman–Crippen MR) is 65.8 cm³/mol. The topological polar surface area (TPSA) is 39.2 Å². The Kier molecular flexibility index (Phi) is 3.51. The summed E-state index contributed by atoms with van der Waals surface area (Å²) < 4.78 is 5.00. The molecule has 0 bridgehead atoms. The van der Waals surface area contributed by atoms with Crippen molar-refractivity contribution in [1.82, 2.24) is 4.98 Å². The first-order chi connectivity index (χ1) is 7.81. The Morgan fingerprint density at radius 2 is 2.19 bits per heavy atom. The number of carbonyl (C=O) groups is 1. The molecule has 0 radical (unpaired) electrons. The van der Waals surface area contributed by atoms with Gasteiger partial charge >= 0.3 is 5.97 Å². The van der Waals surface area contributed by atoms with E-state index in [4.69, 9.17) is 4.74 Å². The fraction of sp³-hybridized carbons (Fsp3) is 0.167. The highest BCUT2D eigenvalue weighted by atomic mass is 79.9. The quantitative estimate of drug-likeness (QED) is 0.641. The summed E-state index contributed by atoms with van der Waals surface area (Å²) in [5.41, 5.74) is 1.36. The third-order valence-corrected chi connectivity index (χ3v) is 2.46. The van der Waals surface area contributed by atoms with Crippen molar-refractivity contribution in [2.24, 2.45) is 0 Å². The van der Waals surface area contributed by atoms with Crippen LogP contribution < -0.4 is 0 Å². The molecule has 0 aliphatic heterocycles. The first-order valence-electron chi connectivity index (χ1n) is 4.89. The number of esters is 1. The summed E-state index contributed by atoms with van der Waals surface area (Å²) in [4.78, 5) is 15.8. The molecule has 0 unspecified atom stereocenters. The number of hydrogen-bond donors (Lipinski definition) is 0. The Hall–Kier alpha value is -1.42. The Bertz CT molecular complexity index is 513. The van der Waals surface area contributed by atoms with Gasteiger partial charge in [-0.05, 0) is 12.1 Å². The van der Waals surface area contributed by atoms with Crippen molar-refractivity contribution in [2.45, 2.75) is 0 Å². The second-order valence-electron chi connectivity index (χ2n) is 3.24. The van der Waals surface area contributed by atoms with Gasteiger partial charge in [-0.25, -0.2) is 4.79 Å². The second kappa shape index (κ2) is 5.07. The van der Waals surface area contributed by atoms with Gasteiger partial charge in [0.15, 0.2) is 0 Å². The lowest BCUT2D eigenvalue weighted by atomic mass is 10.1. The minimum Gasteiger partial charge on any atom is -0.461 e. The van der Waals surface area contributed by atoms with Crippen LogP contribution in [0, 0.1) is 0 Å². The number of rotatable bonds is 3. The number of pyridine rings is 1. The van der Waals surface area contributed by atoms with Crippen LogP contribution in [0.1, 0.15) is 10.4 Å². The van der Waals surface area contributed by atoms with E-state index in [0.717, 1.165) is 10.9 Å². The Balaban J connectivity index is 2.28. The zero-order valence-electron chi connectivity index (χ0n) is 8.52. The van der Waals surface area contributed by atoms with Gasteiger partial charge in [-0.3, -0.25) is 4.98 Å². The lowest BCUT2D eigenvalue weighted by Crippen LogP contribution is -2.07. The molecule has 0 N–H and O–H groups in total. The molecular formula is C12H10BrNO2. The highest BCUT2D eigenvalue weighted by Gasteiger charge is 2.07. The molecular weight excluding hydrogens is 270 g/mol. The van der Waals surface area contributed by atoms with Crippen LogP contribution in [-0.2, 0) is 4.74 Å². The summed E-state index contributed by atoms with van der Waals surface area (Å²) in [6.45, 7) is 0.367. The molecule has 1 heterocycles. The van der Waals surface area contributed by atoms with Crippen LogP contribution in [0.4, 0.5) is 0 Å². The van der Waals surface area contributed by atoms with Crippen molar-refractivity contribution >= 4 is 32.8 Å². The number of fused-ring (bicyclic) bond motifs is 1. The Morgan fingerprint density at radius 1 is 1.38 bits per heavy atom. The van der Waals surface area contributed by atoms with Gasteiger partial charge in [-0.1, -0.05) is 34.1 Å². The first-order valence-corrected chi connectivity index (χ1v) is 6.01. The molecule has 1 aromatic carbocycles. The number of nitrogens with zero attached hydrogens (tertiary/aromatic N) is 1. The molecule has 16 heavy (non-hydrogen) atoms. The number of halogens is 1. The normalized spacial score (nSPS) is 10.3. The van der Waals surface area contributed by atoms with Crippen molar-refractivity contribution in [3.8, 4) is 0 Å². The molecule has 82 valence electrons. The predicted octanol–water partition coefficient (Wildman–Crippen LogP) is 2.79. The van der Waals surface area contributed by atoms with Crippen molar-refractivity contribution < 1.29 is 9.53 Å². The van der Waals surface area contributed by atoms with Crippen LogP contribution in [0.5, 0.6) is 0 Å². The fourth-order valence-corrected chi connectivity index (χ4v) is 1.56. The van der Waals surface area contributed by atoms with Crippen molar-refractivity contribution in [3.63, 3.8) is 0 Å². The second-order valence-corrected chi connectivity index (χ2v) is 4.03. The van der Waals surface area contributed by atoms with Gasteiger partial charge in [0.25, 0.3) is 0 Å². The number of hydrogen-bond acceptors (Lipinski definition) is 3. The van der Waals surface area contributed by atoms with Crippen molar-refractivity contribution in [2.75, 3.05) is 11.9 Å². The van der Waals surface area contributed by atoms with Gasteiger partial charge in [0.2, 0.25) is 0 Å². The van der Waals surface area contributed by atoms with E-state index in [1.807, 2.05) is 24.3 Å². The minimum atomic E-state index is -0.335. The molecule has 0 atom stereocenters. The van der Waals surface area contributed by atoms with Crippen LogP contribution in [0.3, 0.4) is 0 Å². The van der Waals surface area contributed by atoms with Gasteiger partial charge in [0.05, 0.1) is 11.1 Å². The zero-order valence-corrected chi connectivity index (χ0v) is 10.1. The first kappa shape index (κ1) is 11.1. The molecule has 0 fully saturated rings. The molecule has 3 nitrogen and oxygen atoms in total. The van der Waals surface area contributed by atoms with Gasteiger partial charge in [0.1, 0.15) is 6.61 Å². The third-order valence-electron chi connectivity index (χ3n) is 2.14. The van der Waals surface area contributed by atoms with Gasteiger partial charge < -0.3 is 4.74 Å². The summed E-state index contributed by atoms with van der Waals surface area (Å²) in [5.74, 6) is -0.335. The molecule has 0 saturated carbocycles. The van der Waals surface area contributed by atoms with E-state index >= 15 is 0 Å². The van der Waals surface area contributed by atoms with Crippen LogP contribution in [0.2, 0.25) is 0 Å². The Morgan fingerprint density at radius 3 is 3.00 bits per heavy atom. The molecule has 2 aromatic rings. The molecule has 0 amide bonds. The largest absolute Gasteiger partial charge is 0.461 e. The Labute approximate surface area is 102 Å². The molecule has 1 aromatic heterocycles. The molecule has 0 spiro atoms. The van der Waals surface area contributed by atoms with E-state index in [1.54, 1.807) is 12.3 Å². The lowest BCUT2D eigenvalue weighted by Gasteiger charge is -2.03. The minimum absolute atomic E-state index is 0.335. The number of benzene rings is 1. The number of alkyl halides is 1. The van der Waals surface area contributed by atoms with Crippen molar-refractivity contribution in [3.05, 3.63) is 42.1 Å². The van der Waals surface area contributed by atoms with Gasteiger partial charge in [0, 0.05) is 16.9 Å². The van der Waals surface area contributed by atoms with Gasteiger partial charge in [-0.15, -0.1) is 0 Å². The van der Waals surface area contributed by atoms with E-state index in [-0.39, 0.29) is 5.97 Å². The highest BCUT2D eigenvalue weighted by Crippen LogP contribution is 2.13.